The molecule has 0 saturated carbocycles. The summed E-state index contributed by atoms with van der Waals surface area (Å²) in [5.41, 5.74) is 7.41. The molecule has 6 nitrogen and oxygen atoms in total. The van der Waals surface area contributed by atoms with E-state index < -0.39 is 6.10 Å². The highest BCUT2D eigenvalue weighted by Crippen LogP contribution is 2.27. The van der Waals surface area contributed by atoms with Crippen LogP contribution in [0.4, 0.5) is 0 Å². The van der Waals surface area contributed by atoms with Gasteiger partial charge in [-0.25, -0.2) is 0 Å². The van der Waals surface area contributed by atoms with E-state index in [2.05, 4.69) is 10.3 Å². The summed E-state index contributed by atoms with van der Waals surface area (Å²) in [6, 6.07) is 10.3. The lowest BCUT2D eigenvalue weighted by Gasteiger charge is -2.17. The predicted octanol–water partition coefficient (Wildman–Crippen LogP) is 3.71. The summed E-state index contributed by atoms with van der Waals surface area (Å²) in [6.07, 6.45) is -0.858. The number of nitrogens with two attached hydrogens (primary N) is 1. The van der Waals surface area contributed by atoms with Gasteiger partial charge in [-0.3, -0.25) is 4.99 Å². The Morgan fingerprint density at radius 1 is 1.15 bits per heavy atom. The van der Waals surface area contributed by atoms with E-state index in [4.69, 9.17) is 38.4 Å². The van der Waals surface area contributed by atoms with Crippen LogP contribution >= 0.6 is 23.2 Å². The minimum Gasteiger partial charge on any atom is -0.497 e. The molecular weight excluding hydrogens is 389 g/mol. The van der Waals surface area contributed by atoms with E-state index in [9.17, 15) is 5.11 Å². The quantitative estimate of drug-likeness (QED) is 0.477. The van der Waals surface area contributed by atoms with Gasteiger partial charge in [-0.1, -0.05) is 29.3 Å². The highest BCUT2D eigenvalue weighted by atomic mass is 35.5. The van der Waals surface area contributed by atoms with Crippen molar-refractivity contribution in [1.82, 2.24) is 5.32 Å². The van der Waals surface area contributed by atoms with Crippen LogP contribution in [0.2, 0.25) is 10.0 Å². The summed E-state index contributed by atoms with van der Waals surface area (Å²) >= 11 is 12.1. The number of hydrogen-bond donors (Lipinski definition) is 3. The highest BCUT2D eigenvalue weighted by molar-refractivity contribution is 6.35. The van der Waals surface area contributed by atoms with Crippen molar-refractivity contribution in [3.8, 4) is 11.5 Å². The Labute approximate surface area is 168 Å². The lowest BCUT2D eigenvalue weighted by Crippen LogP contribution is -2.34. The van der Waals surface area contributed by atoms with Crippen LogP contribution in [-0.4, -0.2) is 31.8 Å². The molecule has 0 bridgehead atoms. The van der Waals surface area contributed by atoms with Gasteiger partial charge in [0.15, 0.2) is 5.96 Å². The molecule has 27 heavy (non-hydrogen) atoms. The van der Waals surface area contributed by atoms with Crippen LogP contribution in [0.1, 0.15) is 30.2 Å². The minimum absolute atomic E-state index is 0.0796. The molecule has 2 aromatic carbocycles. The maximum atomic E-state index is 10.4. The average molecular weight is 412 g/mol. The molecule has 2 atom stereocenters. The number of aliphatic hydroxyl groups excluding tert-OH is 1. The molecule has 0 aromatic heterocycles. The smallest absolute Gasteiger partial charge is 0.189 e. The second-order valence-corrected chi connectivity index (χ2v) is 6.76. The van der Waals surface area contributed by atoms with Crippen molar-refractivity contribution in [2.45, 2.75) is 19.1 Å². The third-order valence-corrected chi connectivity index (χ3v) is 4.55. The molecule has 0 aliphatic heterocycles. The number of hydrogen-bond acceptors (Lipinski definition) is 4. The first-order valence-corrected chi connectivity index (χ1v) is 9.02. The van der Waals surface area contributed by atoms with Crippen LogP contribution in [0.15, 0.2) is 41.4 Å². The molecule has 0 aliphatic carbocycles. The highest BCUT2D eigenvalue weighted by Gasteiger charge is 2.13. The first-order chi connectivity index (χ1) is 12.8. The number of rotatable bonds is 7. The van der Waals surface area contributed by atoms with Crippen molar-refractivity contribution >= 4 is 29.2 Å². The molecule has 146 valence electrons. The molecular formula is C19H23Cl2N3O3. The Kier molecular flexibility index (Phi) is 7.59. The van der Waals surface area contributed by atoms with Gasteiger partial charge in [0.05, 0.1) is 32.9 Å². The summed E-state index contributed by atoms with van der Waals surface area (Å²) in [5, 5.41) is 14.6. The lowest BCUT2D eigenvalue weighted by atomic mass is 10.1. The fraction of sp³-hybridized carbons (Fsp3) is 0.316. The molecule has 0 amide bonds. The molecule has 0 radical (unpaired) electrons. The average Bonchev–Trinajstić information content (AvgIpc) is 2.65. The number of halogens is 2. The van der Waals surface area contributed by atoms with E-state index in [0.717, 1.165) is 5.56 Å². The zero-order valence-corrected chi connectivity index (χ0v) is 16.9. The van der Waals surface area contributed by atoms with Crippen molar-refractivity contribution < 1.29 is 14.6 Å². The maximum absolute atomic E-state index is 10.4. The first-order valence-electron chi connectivity index (χ1n) is 8.26. The fourth-order valence-electron chi connectivity index (χ4n) is 2.51. The molecule has 0 heterocycles. The van der Waals surface area contributed by atoms with Crippen molar-refractivity contribution in [3.63, 3.8) is 0 Å². The molecule has 2 aromatic rings. The number of nitrogens with zero attached hydrogens (tertiary/aromatic N) is 1. The van der Waals surface area contributed by atoms with Crippen LogP contribution in [-0.2, 0) is 0 Å². The van der Waals surface area contributed by atoms with Crippen molar-refractivity contribution in [2.75, 3.05) is 20.8 Å². The molecule has 0 spiro atoms. The summed E-state index contributed by atoms with van der Waals surface area (Å²) in [4.78, 5) is 4.21. The van der Waals surface area contributed by atoms with Crippen molar-refractivity contribution in [1.29, 1.82) is 0 Å². The minimum atomic E-state index is -0.858. The van der Waals surface area contributed by atoms with Gasteiger partial charge in [0.2, 0.25) is 0 Å². The van der Waals surface area contributed by atoms with Gasteiger partial charge in [0.1, 0.15) is 11.5 Å². The van der Waals surface area contributed by atoms with Gasteiger partial charge < -0.3 is 25.6 Å². The van der Waals surface area contributed by atoms with Crippen LogP contribution in [0.5, 0.6) is 11.5 Å². The third kappa shape index (κ3) is 5.92. The first kappa shape index (κ1) is 21.2. The van der Waals surface area contributed by atoms with Crippen LogP contribution in [0.25, 0.3) is 0 Å². The fourth-order valence-corrected chi connectivity index (χ4v) is 3.08. The number of ether oxygens (including phenoxy) is 2. The van der Waals surface area contributed by atoms with E-state index in [1.165, 1.54) is 0 Å². The Morgan fingerprint density at radius 3 is 2.33 bits per heavy atom. The number of nitrogens with one attached hydrogen (secondary N) is 1. The van der Waals surface area contributed by atoms with Gasteiger partial charge >= 0.3 is 0 Å². The molecule has 0 fully saturated rings. The Hall–Kier alpha value is -2.15. The predicted molar refractivity (Wildman–Crippen MR) is 109 cm³/mol. The molecule has 2 rings (SSSR count). The summed E-state index contributed by atoms with van der Waals surface area (Å²) in [7, 11) is 3.10. The molecule has 0 saturated heterocycles. The molecule has 8 heteroatoms. The topological polar surface area (TPSA) is 89.1 Å². The van der Waals surface area contributed by atoms with Gasteiger partial charge in [-0.2, -0.15) is 0 Å². The summed E-state index contributed by atoms with van der Waals surface area (Å²) in [5.74, 6) is 1.37. The molecule has 4 N–H and O–H groups in total. The Balaban J connectivity index is 2.04. The van der Waals surface area contributed by atoms with Crippen LogP contribution < -0.4 is 20.5 Å². The Bertz CT molecular complexity index is 793. The van der Waals surface area contributed by atoms with Gasteiger partial charge in [-0.15, -0.1) is 0 Å². The van der Waals surface area contributed by atoms with Gasteiger partial charge in [0, 0.05) is 16.1 Å². The van der Waals surface area contributed by atoms with E-state index in [1.807, 2.05) is 13.0 Å². The van der Waals surface area contributed by atoms with Crippen LogP contribution in [0, 0.1) is 0 Å². The number of aliphatic hydroxyl groups is 1. The lowest BCUT2D eigenvalue weighted by molar-refractivity contribution is 0.186. The normalized spacial score (nSPS) is 13.8. The number of guanidine groups is 1. The van der Waals surface area contributed by atoms with E-state index >= 15 is 0 Å². The third-order valence-electron chi connectivity index (χ3n) is 3.99. The summed E-state index contributed by atoms with van der Waals surface area (Å²) < 4.78 is 10.4. The SMILES string of the molecule is COc1cc(OC)cc(C(O)CN=C(N)NC(C)c2ccc(Cl)cc2Cl)c1. The number of methoxy groups -OCH3 is 2. The standard InChI is InChI=1S/C19H23Cl2N3O3/c1-11(16-5-4-13(20)8-17(16)21)24-19(22)23-10-18(25)12-6-14(26-2)9-15(7-12)27-3/h4-9,11,18,25H,10H2,1-3H3,(H3,22,23,24). The molecule has 0 aliphatic rings. The van der Waals surface area contributed by atoms with Crippen molar-refractivity contribution in [2.24, 2.45) is 10.7 Å². The zero-order valence-electron chi connectivity index (χ0n) is 15.4. The van der Waals surface area contributed by atoms with Gasteiger partial charge in [-0.05, 0) is 42.3 Å². The number of benzene rings is 2. The van der Waals surface area contributed by atoms with E-state index in [-0.39, 0.29) is 18.5 Å². The summed E-state index contributed by atoms with van der Waals surface area (Å²) in [6.45, 7) is 1.98. The van der Waals surface area contributed by atoms with E-state index in [0.29, 0.717) is 27.1 Å². The largest absolute Gasteiger partial charge is 0.497 e. The second-order valence-electron chi connectivity index (χ2n) is 5.92. The van der Waals surface area contributed by atoms with Crippen LogP contribution in [0.3, 0.4) is 0 Å². The Morgan fingerprint density at radius 2 is 1.78 bits per heavy atom. The van der Waals surface area contributed by atoms with E-state index in [1.54, 1.807) is 44.6 Å². The monoisotopic (exact) mass is 411 g/mol. The van der Waals surface area contributed by atoms with Gasteiger partial charge in [0.25, 0.3) is 0 Å². The maximum Gasteiger partial charge on any atom is 0.189 e. The number of aliphatic imine (C=N–C) groups is 1. The van der Waals surface area contributed by atoms with Crippen molar-refractivity contribution in [3.05, 3.63) is 57.6 Å². The zero-order chi connectivity index (χ0) is 20.0. The molecule has 2 unspecified atom stereocenters. The second kappa shape index (κ2) is 9.69.